The van der Waals surface area contributed by atoms with Crippen molar-refractivity contribution in [1.82, 2.24) is 9.88 Å². The smallest absolute Gasteiger partial charge is 0.246 e. The molecule has 0 bridgehead atoms. The van der Waals surface area contributed by atoms with E-state index in [1.165, 1.54) is 19.1 Å². The number of halogens is 2. The van der Waals surface area contributed by atoms with Crippen LogP contribution in [0.5, 0.6) is 23.1 Å². The van der Waals surface area contributed by atoms with Gasteiger partial charge in [-0.3, -0.25) is 9.59 Å². The molecule has 1 fully saturated rings. The van der Waals surface area contributed by atoms with Crippen molar-refractivity contribution >= 4 is 11.7 Å². The third kappa shape index (κ3) is 7.47. The fourth-order valence-corrected chi connectivity index (χ4v) is 4.18. The average molecular weight is 523 g/mol. The predicted molar refractivity (Wildman–Crippen MR) is 142 cm³/mol. The van der Waals surface area contributed by atoms with Gasteiger partial charge in [-0.15, -0.1) is 0 Å². The summed E-state index contributed by atoms with van der Waals surface area (Å²) in [7, 11) is 0. The third-order valence-electron chi connectivity index (χ3n) is 6.09. The summed E-state index contributed by atoms with van der Waals surface area (Å²) in [5, 5.41) is 0. The summed E-state index contributed by atoms with van der Waals surface area (Å²) in [4.78, 5) is 29.2. The van der Waals surface area contributed by atoms with E-state index in [4.69, 9.17) is 9.47 Å². The summed E-state index contributed by atoms with van der Waals surface area (Å²) in [6.07, 6.45) is 3.63. The van der Waals surface area contributed by atoms with E-state index in [1.807, 2.05) is 4.90 Å². The summed E-state index contributed by atoms with van der Waals surface area (Å²) < 4.78 is 37.6. The molecular formula is C30H32F2N2O4. The lowest BCUT2D eigenvalue weighted by Gasteiger charge is -2.21. The Morgan fingerprint density at radius 1 is 1.08 bits per heavy atom. The van der Waals surface area contributed by atoms with Gasteiger partial charge in [0.15, 0.2) is 17.3 Å². The Bertz CT molecular complexity index is 1290. The lowest BCUT2D eigenvalue weighted by Crippen LogP contribution is -2.33. The van der Waals surface area contributed by atoms with Crippen molar-refractivity contribution in [2.45, 2.75) is 46.6 Å². The Morgan fingerprint density at radius 2 is 1.74 bits per heavy atom. The van der Waals surface area contributed by atoms with E-state index in [2.05, 4.69) is 25.4 Å². The number of nitrogens with zero attached hydrogens (tertiary/aromatic N) is 2. The summed E-state index contributed by atoms with van der Waals surface area (Å²) in [6, 6.07) is 13.3. The van der Waals surface area contributed by atoms with Crippen molar-refractivity contribution in [3.05, 3.63) is 90.1 Å². The Balaban J connectivity index is 0.000000279. The van der Waals surface area contributed by atoms with E-state index in [1.54, 1.807) is 43.3 Å². The number of aryl methyl sites for hydroxylation is 1. The van der Waals surface area contributed by atoms with Crippen LogP contribution in [0.2, 0.25) is 0 Å². The Labute approximate surface area is 221 Å². The van der Waals surface area contributed by atoms with E-state index in [0.29, 0.717) is 29.0 Å². The van der Waals surface area contributed by atoms with Crippen molar-refractivity contribution in [1.29, 1.82) is 0 Å². The zero-order valence-corrected chi connectivity index (χ0v) is 22.0. The van der Waals surface area contributed by atoms with Gasteiger partial charge in [-0.05, 0) is 87.2 Å². The highest BCUT2D eigenvalue weighted by atomic mass is 19.1. The van der Waals surface area contributed by atoms with Crippen molar-refractivity contribution in [3.63, 3.8) is 0 Å². The molecule has 38 heavy (non-hydrogen) atoms. The van der Waals surface area contributed by atoms with Crippen molar-refractivity contribution in [3.8, 4) is 23.1 Å². The van der Waals surface area contributed by atoms with E-state index in [-0.39, 0.29) is 23.3 Å². The van der Waals surface area contributed by atoms with Crippen LogP contribution in [-0.2, 0) is 4.79 Å². The molecule has 0 radical (unpaired) electrons. The highest BCUT2D eigenvalue weighted by Crippen LogP contribution is 2.29. The quantitative estimate of drug-likeness (QED) is 0.241. The molecule has 2 atom stereocenters. The van der Waals surface area contributed by atoms with Crippen molar-refractivity contribution in [2.75, 3.05) is 6.54 Å². The van der Waals surface area contributed by atoms with Crippen molar-refractivity contribution < 1.29 is 27.8 Å². The summed E-state index contributed by atoms with van der Waals surface area (Å²) in [6.45, 7) is 12.0. The molecule has 0 saturated carbocycles. The van der Waals surface area contributed by atoms with Gasteiger partial charge in [0.25, 0.3) is 0 Å². The third-order valence-corrected chi connectivity index (χ3v) is 6.09. The molecule has 6 nitrogen and oxygen atoms in total. The first kappa shape index (κ1) is 28.5. The predicted octanol–water partition coefficient (Wildman–Crippen LogP) is 7.27. The Hall–Kier alpha value is -4.07. The van der Waals surface area contributed by atoms with Gasteiger partial charge in [0.05, 0.1) is 5.56 Å². The maximum atomic E-state index is 13.6. The van der Waals surface area contributed by atoms with Crippen LogP contribution in [-0.4, -0.2) is 34.2 Å². The van der Waals surface area contributed by atoms with Crippen LogP contribution in [0.1, 0.15) is 49.7 Å². The van der Waals surface area contributed by atoms with Gasteiger partial charge in [0, 0.05) is 24.3 Å². The highest BCUT2D eigenvalue weighted by Gasteiger charge is 2.30. The SMILES string of the molecule is C=CC(=O)N1C[C@@H](C)C[C@H]1CC.CC(=O)c1ccc(C)nc1Oc1ccc(Oc2ccc(F)cc2F)cc1. The standard InChI is InChI=1S/C20H15F2NO3.C10H17NO/c1-12-3-9-17(13(2)24)20(23-12)26-16-7-5-15(6-8-16)25-19-10-4-14(21)11-18(19)22;1-4-9-6-8(3)7-11(9)10(12)5-2/h3-11H,1-2H3;5,8-9H,2,4,6-7H2,1,3H3/t;8-,9+/m.0/s1. The first-order chi connectivity index (χ1) is 18.1. The molecule has 4 rings (SSSR count). The van der Waals surface area contributed by atoms with Crippen LogP contribution >= 0.6 is 0 Å². The van der Waals surface area contributed by atoms with E-state index < -0.39 is 11.6 Å². The minimum absolute atomic E-state index is 0.0840. The number of hydrogen-bond acceptors (Lipinski definition) is 5. The van der Waals surface area contributed by atoms with Crippen LogP contribution in [0.3, 0.4) is 0 Å². The molecule has 2 aromatic carbocycles. The van der Waals surface area contributed by atoms with E-state index in [9.17, 15) is 18.4 Å². The number of rotatable bonds is 7. The second-order valence-corrected chi connectivity index (χ2v) is 9.21. The number of ether oxygens (including phenoxy) is 2. The number of benzene rings is 2. The average Bonchev–Trinajstić information content (AvgIpc) is 3.27. The van der Waals surface area contributed by atoms with Gasteiger partial charge in [-0.25, -0.2) is 13.8 Å². The number of likely N-dealkylation sites (tertiary alicyclic amines) is 1. The van der Waals surface area contributed by atoms with E-state index >= 15 is 0 Å². The Morgan fingerprint density at radius 3 is 2.32 bits per heavy atom. The number of carbonyl (C=O) groups excluding carboxylic acids is 2. The van der Waals surface area contributed by atoms with Gasteiger partial charge < -0.3 is 14.4 Å². The number of amides is 1. The lowest BCUT2D eigenvalue weighted by atomic mass is 10.1. The number of aromatic nitrogens is 1. The fraction of sp³-hybridized carbons (Fsp3) is 0.300. The molecule has 0 spiro atoms. The minimum atomic E-state index is -0.791. The van der Waals surface area contributed by atoms with Gasteiger partial charge in [-0.1, -0.05) is 20.4 Å². The van der Waals surface area contributed by atoms with Gasteiger partial charge in [0.1, 0.15) is 17.3 Å². The first-order valence-corrected chi connectivity index (χ1v) is 12.4. The number of carbonyl (C=O) groups is 2. The molecular weight excluding hydrogens is 490 g/mol. The lowest BCUT2D eigenvalue weighted by molar-refractivity contribution is -0.126. The minimum Gasteiger partial charge on any atom is -0.454 e. The highest BCUT2D eigenvalue weighted by molar-refractivity contribution is 5.96. The number of Topliss-reactive ketones (excluding diaryl/α,β-unsaturated/α-hetero) is 1. The van der Waals surface area contributed by atoms with Crippen LogP contribution in [0.25, 0.3) is 0 Å². The number of hydrogen-bond donors (Lipinski definition) is 0. The van der Waals surface area contributed by atoms with Gasteiger partial charge >= 0.3 is 0 Å². The number of pyridine rings is 1. The zero-order valence-electron chi connectivity index (χ0n) is 22.0. The maximum absolute atomic E-state index is 13.6. The number of ketones is 1. The molecule has 1 aliphatic heterocycles. The fourth-order valence-electron chi connectivity index (χ4n) is 4.18. The van der Waals surface area contributed by atoms with Crippen LogP contribution < -0.4 is 9.47 Å². The maximum Gasteiger partial charge on any atom is 0.246 e. The second kappa shape index (κ2) is 12.9. The summed E-state index contributed by atoms with van der Waals surface area (Å²) in [5.74, 6) is 0.0506. The summed E-state index contributed by atoms with van der Waals surface area (Å²) in [5.41, 5.74) is 1.10. The largest absolute Gasteiger partial charge is 0.454 e. The molecule has 0 aliphatic carbocycles. The summed E-state index contributed by atoms with van der Waals surface area (Å²) >= 11 is 0. The molecule has 1 aliphatic rings. The molecule has 2 heterocycles. The van der Waals surface area contributed by atoms with Gasteiger partial charge in [0.2, 0.25) is 11.8 Å². The molecule has 1 aromatic heterocycles. The Kier molecular flexibility index (Phi) is 9.71. The normalized spacial score (nSPS) is 16.3. The van der Waals surface area contributed by atoms with Gasteiger partial charge in [-0.2, -0.15) is 0 Å². The molecule has 8 heteroatoms. The molecule has 1 saturated heterocycles. The molecule has 0 unspecified atom stereocenters. The zero-order chi connectivity index (χ0) is 27.8. The molecule has 200 valence electrons. The monoisotopic (exact) mass is 522 g/mol. The molecule has 1 amide bonds. The molecule has 3 aromatic rings. The second-order valence-electron chi connectivity index (χ2n) is 9.21. The van der Waals surface area contributed by atoms with Crippen LogP contribution in [0.4, 0.5) is 8.78 Å². The molecule has 0 N–H and O–H groups in total. The van der Waals surface area contributed by atoms with Crippen molar-refractivity contribution in [2.24, 2.45) is 5.92 Å². The topological polar surface area (TPSA) is 68.7 Å². The van der Waals surface area contributed by atoms with Crippen LogP contribution in [0, 0.1) is 24.5 Å². The van der Waals surface area contributed by atoms with E-state index in [0.717, 1.165) is 37.2 Å². The first-order valence-electron chi connectivity index (χ1n) is 12.4. The van der Waals surface area contributed by atoms with Crippen LogP contribution in [0.15, 0.2) is 67.3 Å².